The van der Waals surface area contributed by atoms with Gasteiger partial charge in [-0.3, -0.25) is 9.59 Å². The smallest absolute Gasteiger partial charge is 0.248 e. The number of carbonyl (C=O) groups excluding carboxylic acids is 1. The topological polar surface area (TPSA) is 62.0 Å². The van der Waals surface area contributed by atoms with Crippen LogP contribution in [0, 0.1) is 23.2 Å². The fraction of sp³-hybridized carbons (Fsp3) is 0.625. The van der Waals surface area contributed by atoms with Crippen LogP contribution in [0.25, 0.3) is 0 Å². The molecule has 0 radical (unpaired) electrons. The predicted molar refractivity (Wildman–Crippen MR) is 76.3 cm³/mol. The van der Waals surface area contributed by atoms with Crippen molar-refractivity contribution >= 4 is 11.6 Å². The van der Waals surface area contributed by atoms with Crippen molar-refractivity contribution in [1.82, 2.24) is 4.98 Å². The number of aromatic nitrogens is 1. The quantitative estimate of drug-likeness (QED) is 0.869. The third-order valence-corrected chi connectivity index (χ3v) is 5.56. The van der Waals surface area contributed by atoms with Gasteiger partial charge in [0, 0.05) is 12.3 Å². The number of H-pyrrole nitrogens is 1. The molecule has 20 heavy (non-hydrogen) atoms. The molecule has 5 rings (SSSR count). The highest BCUT2D eigenvalue weighted by Crippen LogP contribution is 2.60. The largest absolute Gasteiger partial charge is 0.327 e. The van der Waals surface area contributed by atoms with Crippen molar-refractivity contribution < 1.29 is 4.79 Å². The first-order valence-corrected chi connectivity index (χ1v) is 7.63. The molecule has 0 aromatic carbocycles. The summed E-state index contributed by atoms with van der Waals surface area (Å²) in [6.07, 6.45) is 8.79. The zero-order chi connectivity index (χ0) is 13.7. The SMILES string of the molecule is O=C(Nc1ccc(=O)[nH]c1)C12CC3CC(CC(C3)C1)C2. The number of nitrogens with one attached hydrogen (secondary N) is 2. The Kier molecular flexibility index (Phi) is 2.56. The van der Waals surface area contributed by atoms with Crippen LogP contribution in [-0.2, 0) is 4.79 Å². The van der Waals surface area contributed by atoms with Crippen LogP contribution in [0.3, 0.4) is 0 Å². The van der Waals surface area contributed by atoms with E-state index in [0.29, 0.717) is 5.69 Å². The van der Waals surface area contributed by atoms with Crippen LogP contribution >= 0.6 is 0 Å². The molecule has 0 aliphatic heterocycles. The second-order valence-electron chi connectivity index (χ2n) is 7.09. The molecule has 1 aromatic heterocycles. The standard InChI is InChI=1S/C16H20N2O2/c19-14-2-1-13(9-17-14)18-15(20)16-6-10-3-11(7-16)5-12(4-10)8-16/h1-2,9-12H,3-8H2,(H,17,19)(H,18,20). The zero-order valence-electron chi connectivity index (χ0n) is 11.5. The van der Waals surface area contributed by atoms with Gasteiger partial charge in [0.1, 0.15) is 0 Å². The van der Waals surface area contributed by atoms with Crippen molar-refractivity contribution in [2.24, 2.45) is 23.2 Å². The molecule has 4 aliphatic carbocycles. The molecule has 0 saturated heterocycles. The molecule has 1 amide bonds. The summed E-state index contributed by atoms with van der Waals surface area (Å²) in [5, 5.41) is 3.02. The number of rotatable bonds is 2. The van der Waals surface area contributed by atoms with Crippen LogP contribution in [0.15, 0.2) is 23.1 Å². The molecule has 4 nitrogen and oxygen atoms in total. The van der Waals surface area contributed by atoms with Gasteiger partial charge in [-0.1, -0.05) is 0 Å². The fourth-order valence-corrected chi connectivity index (χ4v) is 5.14. The minimum atomic E-state index is -0.141. The monoisotopic (exact) mass is 272 g/mol. The minimum absolute atomic E-state index is 0.134. The average molecular weight is 272 g/mol. The molecule has 0 atom stereocenters. The Hall–Kier alpha value is -1.58. The first-order valence-electron chi connectivity index (χ1n) is 7.63. The molecule has 1 heterocycles. The van der Waals surface area contributed by atoms with Gasteiger partial charge in [0.2, 0.25) is 11.5 Å². The highest BCUT2D eigenvalue weighted by Gasteiger charge is 2.54. The van der Waals surface area contributed by atoms with Crippen LogP contribution in [-0.4, -0.2) is 10.9 Å². The van der Waals surface area contributed by atoms with E-state index in [1.165, 1.54) is 25.3 Å². The first kappa shape index (κ1) is 12.2. The van der Waals surface area contributed by atoms with Gasteiger partial charge in [0.25, 0.3) is 0 Å². The number of amides is 1. The number of carbonyl (C=O) groups is 1. The molecule has 4 aliphatic rings. The van der Waals surface area contributed by atoms with E-state index < -0.39 is 0 Å². The predicted octanol–water partition coefficient (Wildman–Crippen LogP) is 2.53. The number of hydrogen-bond acceptors (Lipinski definition) is 2. The van der Waals surface area contributed by atoms with Crippen molar-refractivity contribution in [2.45, 2.75) is 38.5 Å². The second kappa shape index (κ2) is 4.21. The highest BCUT2D eigenvalue weighted by molar-refractivity contribution is 5.95. The second-order valence-corrected chi connectivity index (χ2v) is 7.09. The molecule has 4 fully saturated rings. The van der Waals surface area contributed by atoms with Crippen molar-refractivity contribution in [3.05, 3.63) is 28.7 Å². The lowest BCUT2D eigenvalue weighted by molar-refractivity contribution is -0.140. The molecule has 4 bridgehead atoms. The molecule has 2 N–H and O–H groups in total. The Morgan fingerprint density at radius 3 is 2.20 bits per heavy atom. The number of anilines is 1. The van der Waals surface area contributed by atoms with E-state index in [2.05, 4.69) is 10.3 Å². The van der Waals surface area contributed by atoms with Crippen molar-refractivity contribution in [2.75, 3.05) is 5.32 Å². The Morgan fingerprint density at radius 2 is 1.70 bits per heavy atom. The maximum Gasteiger partial charge on any atom is 0.248 e. The summed E-state index contributed by atoms with van der Waals surface area (Å²) >= 11 is 0. The Bertz CT molecular complexity index is 549. The fourth-order valence-electron chi connectivity index (χ4n) is 5.14. The highest BCUT2D eigenvalue weighted by atomic mass is 16.2. The summed E-state index contributed by atoms with van der Waals surface area (Å²) in [5.74, 6) is 2.47. The van der Waals surface area contributed by atoms with Crippen LogP contribution in [0.2, 0.25) is 0 Å². The Labute approximate surface area is 118 Å². The van der Waals surface area contributed by atoms with Crippen LogP contribution < -0.4 is 10.9 Å². The minimum Gasteiger partial charge on any atom is -0.327 e. The van der Waals surface area contributed by atoms with Gasteiger partial charge in [-0.05, 0) is 62.3 Å². The van der Waals surface area contributed by atoms with Gasteiger partial charge in [0.05, 0.1) is 11.1 Å². The molecule has 0 spiro atoms. The molecular weight excluding hydrogens is 252 g/mol. The number of hydrogen-bond donors (Lipinski definition) is 2. The maximum atomic E-state index is 12.7. The summed E-state index contributed by atoms with van der Waals surface area (Å²) in [7, 11) is 0. The van der Waals surface area contributed by atoms with Gasteiger partial charge in [-0.2, -0.15) is 0 Å². The summed E-state index contributed by atoms with van der Waals surface area (Å²) in [4.78, 5) is 26.4. The third-order valence-electron chi connectivity index (χ3n) is 5.56. The lowest BCUT2D eigenvalue weighted by Crippen LogP contribution is -2.51. The lowest BCUT2D eigenvalue weighted by Gasteiger charge is -2.55. The van der Waals surface area contributed by atoms with Gasteiger partial charge in [0.15, 0.2) is 0 Å². The zero-order valence-corrected chi connectivity index (χ0v) is 11.5. The summed E-state index contributed by atoms with van der Waals surface area (Å²) in [5.41, 5.74) is 0.424. The average Bonchev–Trinajstić information content (AvgIpc) is 2.40. The molecule has 106 valence electrons. The van der Waals surface area contributed by atoms with Gasteiger partial charge < -0.3 is 10.3 Å². The van der Waals surface area contributed by atoms with Gasteiger partial charge >= 0.3 is 0 Å². The van der Waals surface area contributed by atoms with E-state index in [0.717, 1.165) is 37.0 Å². The number of pyridine rings is 1. The van der Waals surface area contributed by atoms with Crippen molar-refractivity contribution in [3.8, 4) is 0 Å². The van der Waals surface area contributed by atoms with E-state index in [1.807, 2.05) is 0 Å². The van der Waals surface area contributed by atoms with E-state index in [4.69, 9.17) is 0 Å². The third kappa shape index (κ3) is 1.89. The van der Waals surface area contributed by atoms with Crippen LogP contribution in [0.1, 0.15) is 38.5 Å². The maximum absolute atomic E-state index is 12.7. The van der Waals surface area contributed by atoms with Crippen molar-refractivity contribution in [3.63, 3.8) is 0 Å². The van der Waals surface area contributed by atoms with E-state index in [9.17, 15) is 9.59 Å². The molecule has 4 saturated carbocycles. The molecule has 1 aromatic rings. The lowest BCUT2D eigenvalue weighted by atomic mass is 9.49. The first-order chi connectivity index (χ1) is 9.63. The van der Waals surface area contributed by atoms with Crippen LogP contribution in [0.4, 0.5) is 5.69 Å². The van der Waals surface area contributed by atoms with E-state index >= 15 is 0 Å². The van der Waals surface area contributed by atoms with E-state index in [-0.39, 0.29) is 16.9 Å². The summed E-state index contributed by atoms with van der Waals surface area (Å²) in [6.45, 7) is 0. The number of aromatic amines is 1. The van der Waals surface area contributed by atoms with Gasteiger partial charge in [-0.25, -0.2) is 0 Å². The van der Waals surface area contributed by atoms with Crippen LogP contribution in [0.5, 0.6) is 0 Å². The normalized spacial score (nSPS) is 37.9. The summed E-state index contributed by atoms with van der Waals surface area (Å²) in [6, 6.07) is 3.13. The molecule has 0 unspecified atom stereocenters. The summed E-state index contributed by atoms with van der Waals surface area (Å²) < 4.78 is 0. The molecule has 4 heteroatoms. The van der Waals surface area contributed by atoms with E-state index in [1.54, 1.807) is 12.3 Å². The Balaban J connectivity index is 1.56. The van der Waals surface area contributed by atoms with Gasteiger partial charge in [-0.15, -0.1) is 0 Å². The Morgan fingerprint density at radius 1 is 1.10 bits per heavy atom. The molecular formula is C16H20N2O2. The van der Waals surface area contributed by atoms with Crippen molar-refractivity contribution in [1.29, 1.82) is 0 Å².